The summed E-state index contributed by atoms with van der Waals surface area (Å²) in [4.78, 5) is 21.3. The predicted molar refractivity (Wildman–Crippen MR) is 88.1 cm³/mol. The van der Waals surface area contributed by atoms with Crippen LogP contribution >= 0.6 is 11.3 Å². The van der Waals surface area contributed by atoms with E-state index in [9.17, 15) is 4.79 Å². The third-order valence-corrected chi connectivity index (χ3v) is 4.19. The van der Waals surface area contributed by atoms with Crippen LogP contribution in [0.15, 0.2) is 24.5 Å². The minimum absolute atomic E-state index is 0.0696. The predicted octanol–water partition coefficient (Wildman–Crippen LogP) is 3.06. The Morgan fingerprint density at radius 1 is 1.36 bits per heavy atom. The standard InChI is InChI=1S/C16H21N3O2S/c1-11(2)21-10-4-7-18-15(20)14-12(3)19-16(22-14)13-5-8-17-9-6-13/h5-6,8-9,11H,4,7,10H2,1-3H3,(H,18,20). The summed E-state index contributed by atoms with van der Waals surface area (Å²) in [5.74, 6) is -0.0696. The molecule has 0 saturated heterocycles. The molecule has 118 valence electrons. The van der Waals surface area contributed by atoms with Gasteiger partial charge in [0.1, 0.15) is 9.88 Å². The summed E-state index contributed by atoms with van der Waals surface area (Å²) in [5.41, 5.74) is 1.74. The molecule has 0 saturated carbocycles. The van der Waals surface area contributed by atoms with Gasteiger partial charge < -0.3 is 10.1 Å². The van der Waals surface area contributed by atoms with E-state index in [0.717, 1.165) is 22.7 Å². The third-order valence-electron chi connectivity index (χ3n) is 2.99. The van der Waals surface area contributed by atoms with Crippen LogP contribution in [0, 0.1) is 6.92 Å². The van der Waals surface area contributed by atoms with Crippen LogP contribution in [0.1, 0.15) is 35.6 Å². The average molecular weight is 319 g/mol. The number of amides is 1. The minimum atomic E-state index is -0.0696. The highest BCUT2D eigenvalue weighted by molar-refractivity contribution is 7.17. The number of ether oxygens (including phenoxy) is 1. The van der Waals surface area contributed by atoms with Gasteiger partial charge in [-0.1, -0.05) is 0 Å². The molecule has 0 aliphatic heterocycles. The van der Waals surface area contributed by atoms with Gasteiger partial charge in [0.2, 0.25) is 0 Å². The number of thiazole rings is 1. The maximum Gasteiger partial charge on any atom is 0.263 e. The van der Waals surface area contributed by atoms with Crippen molar-refractivity contribution in [3.05, 3.63) is 35.1 Å². The van der Waals surface area contributed by atoms with Crippen LogP contribution in [0.5, 0.6) is 0 Å². The first-order chi connectivity index (χ1) is 10.6. The van der Waals surface area contributed by atoms with Gasteiger partial charge in [0.15, 0.2) is 0 Å². The lowest BCUT2D eigenvalue weighted by Crippen LogP contribution is -2.25. The van der Waals surface area contributed by atoms with Crippen LogP contribution < -0.4 is 5.32 Å². The van der Waals surface area contributed by atoms with Gasteiger partial charge in [0.05, 0.1) is 11.8 Å². The van der Waals surface area contributed by atoms with Crippen LogP contribution in [0.3, 0.4) is 0 Å². The Hall–Kier alpha value is -1.79. The third kappa shape index (κ3) is 4.61. The summed E-state index contributed by atoms with van der Waals surface area (Å²) >= 11 is 1.41. The van der Waals surface area contributed by atoms with Gasteiger partial charge in [-0.05, 0) is 39.3 Å². The fourth-order valence-electron chi connectivity index (χ4n) is 1.90. The van der Waals surface area contributed by atoms with Gasteiger partial charge in [-0.3, -0.25) is 9.78 Å². The Bertz CT molecular complexity index is 611. The molecule has 2 aromatic heterocycles. The van der Waals surface area contributed by atoms with Crippen LogP contribution in [0.4, 0.5) is 0 Å². The van der Waals surface area contributed by atoms with Crippen LogP contribution in [0.2, 0.25) is 0 Å². The molecule has 2 aromatic rings. The zero-order chi connectivity index (χ0) is 15.9. The molecule has 0 spiro atoms. The molecule has 0 aliphatic rings. The highest BCUT2D eigenvalue weighted by atomic mass is 32.1. The zero-order valence-electron chi connectivity index (χ0n) is 13.1. The lowest BCUT2D eigenvalue weighted by Gasteiger charge is -2.07. The van der Waals surface area contributed by atoms with E-state index in [2.05, 4.69) is 15.3 Å². The van der Waals surface area contributed by atoms with E-state index in [-0.39, 0.29) is 12.0 Å². The van der Waals surface area contributed by atoms with Crippen molar-refractivity contribution in [1.29, 1.82) is 0 Å². The fraction of sp³-hybridized carbons (Fsp3) is 0.438. The number of hydrogen-bond acceptors (Lipinski definition) is 5. The van der Waals surface area contributed by atoms with Gasteiger partial charge in [-0.25, -0.2) is 4.98 Å². The number of aromatic nitrogens is 2. The Kier molecular flexibility index (Phi) is 6.03. The van der Waals surface area contributed by atoms with E-state index in [4.69, 9.17) is 4.74 Å². The van der Waals surface area contributed by atoms with Crippen molar-refractivity contribution in [3.8, 4) is 10.6 Å². The molecule has 2 rings (SSSR count). The highest BCUT2D eigenvalue weighted by Crippen LogP contribution is 2.27. The molecule has 0 aliphatic carbocycles. The van der Waals surface area contributed by atoms with Gasteiger partial charge in [0.25, 0.3) is 5.91 Å². The number of nitrogens with zero attached hydrogens (tertiary/aromatic N) is 2. The first-order valence-electron chi connectivity index (χ1n) is 7.35. The number of carbonyl (C=O) groups excluding carboxylic acids is 1. The molecule has 1 amide bonds. The van der Waals surface area contributed by atoms with Gasteiger partial charge >= 0.3 is 0 Å². The highest BCUT2D eigenvalue weighted by Gasteiger charge is 2.15. The number of pyridine rings is 1. The second kappa shape index (κ2) is 8.00. The number of rotatable bonds is 7. The van der Waals surface area contributed by atoms with Gasteiger partial charge in [-0.2, -0.15) is 0 Å². The maximum absolute atomic E-state index is 12.2. The summed E-state index contributed by atoms with van der Waals surface area (Å²) in [6, 6.07) is 3.78. The number of aryl methyl sites for hydroxylation is 1. The molecule has 5 nitrogen and oxygen atoms in total. The van der Waals surface area contributed by atoms with Crippen molar-refractivity contribution in [2.75, 3.05) is 13.2 Å². The molecule has 1 N–H and O–H groups in total. The summed E-state index contributed by atoms with van der Waals surface area (Å²) in [6.45, 7) is 7.12. The molecule has 2 heterocycles. The van der Waals surface area contributed by atoms with Crippen molar-refractivity contribution in [2.24, 2.45) is 0 Å². The van der Waals surface area contributed by atoms with Crippen LogP contribution in [0.25, 0.3) is 10.6 Å². The van der Waals surface area contributed by atoms with E-state index in [1.54, 1.807) is 12.4 Å². The van der Waals surface area contributed by atoms with Crippen molar-refractivity contribution in [3.63, 3.8) is 0 Å². The quantitative estimate of drug-likeness (QED) is 0.797. The SMILES string of the molecule is Cc1nc(-c2ccncc2)sc1C(=O)NCCCOC(C)C. The topological polar surface area (TPSA) is 64.1 Å². The van der Waals surface area contributed by atoms with Crippen molar-refractivity contribution in [1.82, 2.24) is 15.3 Å². The van der Waals surface area contributed by atoms with E-state index in [0.29, 0.717) is 18.0 Å². The normalized spacial score (nSPS) is 10.9. The largest absolute Gasteiger partial charge is 0.379 e. The molecule has 0 radical (unpaired) electrons. The van der Waals surface area contributed by atoms with Crippen LogP contribution in [-0.4, -0.2) is 35.1 Å². The number of carbonyl (C=O) groups is 1. The Morgan fingerprint density at radius 3 is 2.77 bits per heavy atom. The summed E-state index contributed by atoms with van der Waals surface area (Å²) in [5, 5.41) is 3.76. The second-order valence-corrected chi connectivity index (χ2v) is 6.20. The summed E-state index contributed by atoms with van der Waals surface area (Å²) in [7, 11) is 0. The molecule has 0 bridgehead atoms. The first kappa shape index (κ1) is 16.6. The Balaban J connectivity index is 1.92. The average Bonchev–Trinajstić information content (AvgIpc) is 2.89. The first-order valence-corrected chi connectivity index (χ1v) is 8.17. The molecule has 22 heavy (non-hydrogen) atoms. The Morgan fingerprint density at radius 2 is 2.09 bits per heavy atom. The van der Waals surface area contributed by atoms with Crippen molar-refractivity contribution < 1.29 is 9.53 Å². The lowest BCUT2D eigenvalue weighted by atomic mass is 10.3. The minimum Gasteiger partial charge on any atom is -0.379 e. The van der Waals surface area contributed by atoms with Crippen LogP contribution in [-0.2, 0) is 4.74 Å². The van der Waals surface area contributed by atoms with Crippen molar-refractivity contribution in [2.45, 2.75) is 33.3 Å². The second-order valence-electron chi connectivity index (χ2n) is 5.20. The molecular weight excluding hydrogens is 298 g/mol. The molecule has 0 atom stereocenters. The molecule has 6 heteroatoms. The monoisotopic (exact) mass is 319 g/mol. The van der Waals surface area contributed by atoms with E-state index in [1.165, 1.54) is 11.3 Å². The van der Waals surface area contributed by atoms with E-state index < -0.39 is 0 Å². The smallest absolute Gasteiger partial charge is 0.263 e. The van der Waals surface area contributed by atoms with Crippen molar-refractivity contribution >= 4 is 17.2 Å². The van der Waals surface area contributed by atoms with Gasteiger partial charge in [0, 0.05) is 31.1 Å². The Labute approximate surface area is 134 Å². The van der Waals surface area contributed by atoms with E-state index in [1.807, 2.05) is 32.9 Å². The summed E-state index contributed by atoms with van der Waals surface area (Å²) < 4.78 is 5.45. The van der Waals surface area contributed by atoms with E-state index >= 15 is 0 Å². The summed E-state index contributed by atoms with van der Waals surface area (Å²) in [6.07, 6.45) is 4.47. The van der Waals surface area contributed by atoms with Gasteiger partial charge in [-0.15, -0.1) is 11.3 Å². The molecular formula is C16H21N3O2S. The number of nitrogens with one attached hydrogen (secondary N) is 1. The molecule has 0 unspecified atom stereocenters. The lowest BCUT2D eigenvalue weighted by molar-refractivity contribution is 0.0757. The zero-order valence-corrected chi connectivity index (χ0v) is 13.9. The number of hydrogen-bond donors (Lipinski definition) is 1. The maximum atomic E-state index is 12.2. The fourth-order valence-corrected chi connectivity index (χ4v) is 2.89. The molecule has 0 aromatic carbocycles. The molecule has 0 fully saturated rings.